The minimum absolute atomic E-state index is 0.117. The smallest absolute Gasteiger partial charge is 0.269 e. The van der Waals surface area contributed by atoms with Crippen LogP contribution in [0.1, 0.15) is 20.8 Å². The van der Waals surface area contributed by atoms with Crippen molar-refractivity contribution in [2.24, 2.45) is 5.73 Å². The van der Waals surface area contributed by atoms with E-state index in [1.54, 1.807) is 12.3 Å². The molecule has 16 heavy (non-hydrogen) atoms. The number of nitrogens with two attached hydrogens (primary N) is 1. The van der Waals surface area contributed by atoms with Gasteiger partial charge in [-0.2, -0.15) is 5.10 Å². The van der Waals surface area contributed by atoms with Gasteiger partial charge in [0, 0.05) is 26.2 Å². The Hall–Kier alpha value is -1.36. The van der Waals surface area contributed by atoms with Gasteiger partial charge in [-0.3, -0.25) is 4.79 Å². The molecule has 5 heteroatoms. The molecule has 0 radical (unpaired) electrons. The second-order valence-corrected chi connectivity index (χ2v) is 4.49. The zero-order valence-corrected chi connectivity index (χ0v) is 10.4. The van der Waals surface area contributed by atoms with Gasteiger partial charge >= 0.3 is 0 Å². The monoisotopic (exact) mass is 224 g/mol. The fraction of sp³-hybridized carbons (Fsp3) is 0.636. The van der Waals surface area contributed by atoms with E-state index in [0.29, 0.717) is 6.54 Å². The normalized spacial score (nSPS) is 11.6. The van der Waals surface area contributed by atoms with Crippen LogP contribution in [0.25, 0.3) is 0 Å². The Morgan fingerprint density at radius 3 is 2.62 bits per heavy atom. The summed E-state index contributed by atoms with van der Waals surface area (Å²) in [6, 6.07) is 1.59. The molecule has 90 valence electrons. The molecule has 0 aromatic carbocycles. The minimum Gasteiger partial charge on any atom is -0.373 e. The van der Waals surface area contributed by atoms with Crippen molar-refractivity contribution < 1.29 is 0 Å². The molecule has 1 aromatic heterocycles. The van der Waals surface area contributed by atoms with Crippen molar-refractivity contribution in [2.45, 2.75) is 26.3 Å². The first-order valence-electron chi connectivity index (χ1n) is 5.43. The molecular weight excluding hydrogens is 204 g/mol. The Bertz CT molecular complexity index is 411. The molecule has 0 bridgehead atoms. The lowest BCUT2D eigenvalue weighted by atomic mass is 10.1. The summed E-state index contributed by atoms with van der Waals surface area (Å²) >= 11 is 0. The van der Waals surface area contributed by atoms with Gasteiger partial charge in [-0.1, -0.05) is 0 Å². The van der Waals surface area contributed by atoms with Crippen LogP contribution in [0.3, 0.4) is 0 Å². The van der Waals surface area contributed by atoms with E-state index in [4.69, 9.17) is 5.73 Å². The van der Waals surface area contributed by atoms with Crippen molar-refractivity contribution in [3.63, 3.8) is 0 Å². The molecule has 0 aliphatic heterocycles. The molecule has 0 saturated carbocycles. The zero-order chi connectivity index (χ0) is 12.3. The molecule has 0 aliphatic rings. The molecular formula is C11H20N4O. The van der Waals surface area contributed by atoms with Crippen LogP contribution in [-0.4, -0.2) is 29.9 Å². The van der Waals surface area contributed by atoms with Crippen molar-refractivity contribution in [1.82, 2.24) is 9.78 Å². The Morgan fingerprint density at radius 1 is 1.56 bits per heavy atom. The number of nitrogens with zero attached hydrogens (tertiary/aromatic N) is 3. The Kier molecular flexibility index (Phi) is 3.70. The molecule has 0 amide bonds. The molecule has 0 saturated heterocycles. The lowest BCUT2D eigenvalue weighted by Crippen LogP contribution is -2.43. The second-order valence-electron chi connectivity index (χ2n) is 4.49. The molecule has 1 aromatic rings. The molecule has 1 rings (SSSR count). The maximum absolute atomic E-state index is 11.9. The largest absolute Gasteiger partial charge is 0.373 e. The van der Waals surface area contributed by atoms with Crippen molar-refractivity contribution in [3.05, 3.63) is 22.6 Å². The van der Waals surface area contributed by atoms with Gasteiger partial charge in [0.2, 0.25) is 0 Å². The molecule has 0 fully saturated rings. The van der Waals surface area contributed by atoms with Gasteiger partial charge in [0.05, 0.1) is 17.4 Å². The lowest BCUT2D eigenvalue weighted by molar-refractivity contribution is 0.314. The predicted octanol–water partition coefficient (Wildman–Crippen LogP) is 0.393. The summed E-state index contributed by atoms with van der Waals surface area (Å²) < 4.78 is 1.43. The van der Waals surface area contributed by atoms with E-state index in [0.717, 1.165) is 12.2 Å². The average Bonchev–Trinajstić information content (AvgIpc) is 2.27. The Labute approximate surface area is 95.9 Å². The van der Waals surface area contributed by atoms with E-state index in [9.17, 15) is 4.79 Å². The fourth-order valence-electron chi connectivity index (χ4n) is 1.33. The average molecular weight is 224 g/mol. The van der Waals surface area contributed by atoms with Gasteiger partial charge in [-0.15, -0.1) is 0 Å². The summed E-state index contributed by atoms with van der Waals surface area (Å²) in [5.74, 6) is 0. The summed E-state index contributed by atoms with van der Waals surface area (Å²) in [7, 11) is 1.93. The number of hydrogen-bond donors (Lipinski definition) is 1. The second kappa shape index (κ2) is 4.65. The third kappa shape index (κ3) is 2.41. The first kappa shape index (κ1) is 12.7. The van der Waals surface area contributed by atoms with Gasteiger partial charge in [-0.25, -0.2) is 4.68 Å². The summed E-state index contributed by atoms with van der Waals surface area (Å²) in [5.41, 5.74) is 5.89. The van der Waals surface area contributed by atoms with Crippen molar-refractivity contribution in [2.75, 3.05) is 25.0 Å². The third-order valence-corrected chi connectivity index (χ3v) is 2.77. The maximum Gasteiger partial charge on any atom is 0.269 e. The number of hydrogen-bond acceptors (Lipinski definition) is 4. The van der Waals surface area contributed by atoms with Gasteiger partial charge in [-0.05, 0) is 20.8 Å². The summed E-state index contributed by atoms with van der Waals surface area (Å²) in [6.07, 6.45) is 1.70. The van der Waals surface area contributed by atoms with Crippen LogP contribution in [0.4, 0.5) is 5.69 Å². The highest BCUT2D eigenvalue weighted by Gasteiger charge is 2.20. The third-order valence-electron chi connectivity index (χ3n) is 2.77. The van der Waals surface area contributed by atoms with E-state index >= 15 is 0 Å². The molecule has 1 heterocycles. The standard InChI is InChI=1S/C11H20N4O/c1-5-14(4)9-6-10(16)15(13-7-9)11(2,3)8-12/h6-7H,5,8,12H2,1-4H3. The highest BCUT2D eigenvalue weighted by atomic mass is 16.1. The van der Waals surface area contributed by atoms with E-state index in [1.165, 1.54) is 4.68 Å². The van der Waals surface area contributed by atoms with Gasteiger partial charge in [0.15, 0.2) is 0 Å². The van der Waals surface area contributed by atoms with Crippen molar-refractivity contribution >= 4 is 5.69 Å². The molecule has 0 atom stereocenters. The molecule has 0 spiro atoms. The number of aromatic nitrogens is 2. The van der Waals surface area contributed by atoms with E-state index in [-0.39, 0.29) is 5.56 Å². The van der Waals surface area contributed by atoms with Gasteiger partial charge < -0.3 is 10.6 Å². The van der Waals surface area contributed by atoms with Crippen molar-refractivity contribution in [3.8, 4) is 0 Å². The van der Waals surface area contributed by atoms with E-state index < -0.39 is 5.54 Å². The molecule has 0 aliphatic carbocycles. The van der Waals surface area contributed by atoms with Crippen LogP contribution in [0.15, 0.2) is 17.1 Å². The highest BCUT2D eigenvalue weighted by Crippen LogP contribution is 2.11. The van der Waals surface area contributed by atoms with Crippen LogP contribution in [-0.2, 0) is 5.54 Å². The van der Waals surface area contributed by atoms with Gasteiger partial charge in [0.1, 0.15) is 0 Å². The van der Waals surface area contributed by atoms with Crippen LogP contribution >= 0.6 is 0 Å². The van der Waals surface area contributed by atoms with Crippen LogP contribution in [0.5, 0.6) is 0 Å². The summed E-state index contributed by atoms with van der Waals surface area (Å²) in [4.78, 5) is 13.9. The van der Waals surface area contributed by atoms with Crippen molar-refractivity contribution in [1.29, 1.82) is 0 Å². The quantitative estimate of drug-likeness (QED) is 0.803. The lowest BCUT2D eigenvalue weighted by Gasteiger charge is -2.25. The van der Waals surface area contributed by atoms with E-state index in [1.807, 2.05) is 32.7 Å². The minimum atomic E-state index is -0.444. The zero-order valence-electron chi connectivity index (χ0n) is 10.4. The van der Waals surface area contributed by atoms with Crippen LogP contribution in [0.2, 0.25) is 0 Å². The molecule has 2 N–H and O–H groups in total. The maximum atomic E-state index is 11.9. The predicted molar refractivity (Wildman–Crippen MR) is 65.8 cm³/mol. The number of anilines is 1. The van der Waals surface area contributed by atoms with Crippen LogP contribution < -0.4 is 16.2 Å². The first-order chi connectivity index (χ1) is 7.42. The summed E-state index contributed by atoms with van der Waals surface area (Å²) in [6.45, 7) is 7.03. The first-order valence-corrected chi connectivity index (χ1v) is 5.43. The Balaban J connectivity index is 3.15. The molecule has 0 unspecified atom stereocenters. The molecule has 5 nitrogen and oxygen atoms in total. The number of rotatable bonds is 4. The Morgan fingerprint density at radius 2 is 2.19 bits per heavy atom. The highest BCUT2D eigenvalue weighted by molar-refractivity contribution is 5.41. The fourth-order valence-corrected chi connectivity index (χ4v) is 1.33. The van der Waals surface area contributed by atoms with E-state index in [2.05, 4.69) is 5.10 Å². The van der Waals surface area contributed by atoms with Crippen LogP contribution in [0, 0.1) is 0 Å². The summed E-state index contributed by atoms with van der Waals surface area (Å²) in [5, 5.41) is 4.17. The SMILES string of the molecule is CCN(C)c1cnn(C(C)(C)CN)c(=O)c1. The topological polar surface area (TPSA) is 64.2 Å². The van der Waals surface area contributed by atoms with Gasteiger partial charge in [0.25, 0.3) is 5.56 Å².